The molecule has 0 fully saturated rings. The molecule has 0 bridgehead atoms. The summed E-state index contributed by atoms with van der Waals surface area (Å²) >= 11 is 0. The Kier molecular flexibility index (Phi) is 5.34. The zero-order chi connectivity index (χ0) is 20.3. The monoisotopic (exact) mass is 394 g/mol. The number of anilines is 1. The molecule has 0 spiro atoms. The van der Waals surface area contributed by atoms with Crippen molar-refractivity contribution in [1.29, 1.82) is 0 Å². The number of hydrogen-bond donors (Lipinski definition) is 1. The summed E-state index contributed by atoms with van der Waals surface area (Å²) in [5.74, 6) is -1.31. The number of nitrogens with one attached hydrogen (secondary N) is 1. The Hall–Kier alpha value is -3.36. The SMILES string of the molecule is Cc1onc(C(=O)Nc2ccccc2C(F)(F)F)c1COc1ccccc1F. The van der Waals surface area contributed by atoms with Crippen molar-refractivity contribution >= 4 is 11.6 Å². The molecule has 5 nitrogen and oxygen atoms in total. The summed E-state index contributed by atoms with van der Waals surface area (Å²) in [6, 6.07) is 10.2. The second kappa shape index (κ2) is 7.71. The first-order valence-corrected chi connectivity index (χ1v) is 8.07. The lowest BCUT2D eigenvalue weighted by molar-refractivity contribution is -0.136. The van der Waals surface area contributed by atoms with E-state index in [4.69, 9.17) is 9.26 Å². The second-order valence-corrected chi connectivity index (χ2v) is 5.78. The van der Waals surface area contributed by atoms with E-state index in [0.29, 0.717) is 0 Å². The van der Waals surface area contributed by atoms with Crippen LogP contribution in [0.2, 0.25) is 0 Å². The van der Waals surface area contributed by atoms with E-state index in [0.717, 1.165) is 12.1 Å². The van der Waals surface area contributed by atoms with E-state index in [1.807, 2.05) is 0 Å². The number of carbonyl (C=O) groups is 1. The van der Waals surface area contributed by atoms with Gasteiger partial charge in [-0.2, -0.15) is 13.2 Å². The summed E-state index contributed by atoms with van der Waals surface area (Å²) in [6.45, 7) is 1.26. The number of amides is 1. The zero-order valence-electron chi connectivity index (χ0n) is 14.5. The van der Waals surface area contributed by atoms with Gasteiger partial charge in [0.15, 0.2) is 17.3 Å². The molecule has 1 amide bonds. The molecule has 1 N–H and O–H groups in total. The van der Waals surface area contributed by atoms with Crippen molar-refractivity contribution in [1.82, 2.24) is 5.16 Å². The van der Waals surface area contributed by atoms with Crippen LogP contribution in [0.3, 0.4) is 0 Å². The third-order valence-corrected chi connectivity index (χ3v) is 3.89. The van der Waals surface area contributed by atoms with Crippen LogP contribution in [0.25, 0.3) is 0 Å². The normalized spacial score (nSPS) is 11.3. The van der Waals surface area contributed by atoms with Gasteiger partial charge < -0.3 is 14.6 Å². The van der Waals surface area contributed by atoms with Gasteiger partial charge in [-0.3, -0.25) is 4.79 Å². The Balaban J connectivity index is 1.82. The quantitative estimate of drug-likeness (QED) is 0.621. The van der Waals surface area contributed by atoms with Gasteiger partial charge >= 0.3 is 6.18 Å². The molecular formula is C19H14F4N2O3. The van der Waals surface area contributed by atoms with Gasteiger partial charge in [0.25, 0.3) is 5.91 Å². The number of alkyl halides is 3. The van der Waals surface area contributed by atoms with Crippen LogP contribution in [0, 0.1) is 12.7 Å². The summed E-state index contributed by atoms with van der Waals surface area (Å²) < 4.78 is 63.3. The molecule has 0 radical (unpaired) electrons. The summed E-state index contributed by atoms with van der Waals surface area (Å²) in [5.41, 5.74) is -1.45. The number of ether oxygens (including phenoxy) is 1. The van der Waals surface area contributed by atoms with Crippen molar-refractivity contribution in [3.63, 3.8) is 0 Å². The molecule has 0 saturated carbocycles. The molecule has 1 aromatic heterocycles. The van der Waals surface area contributed by atoms with Gasteiger partial charge in [0.05, 0.1) is 16.8 Å². The van der Waals surface area contributed by atoms with Crippen LogP contribution in [0.1, 0.15) is 27.4 Å². The molecule has 1 heterocycles. The average Bonchev–Trinajstić information content (AvgIpc) is 3.01. The molecule has 2 aromatic carbocycles. The molecule has 9 heteroatoms. The topological polar surface area (TPSA) is 64.4 Å². The van der Waals surface area contributed by atoms with Gasteiger partial charge in [0.1, 0.15) is 12.4 Å². The number of aromatic nitrogens is 1. The van der Waals surface area contributed by atoms with Crippen molar-refractivity contribution in [3.8, 4) is 5.75 Å². The van der Waals surface area contributed by atoms with Crippen LogP contribution in [0.4, 0.5) is 23.2 Å². The lowest BCUT2D eigenvalue weighted by atomic mass is 10.1. The van der Waals surface area contributed by atoms with Crippen LogP contribution in [-0.4, -0.2) is 11.1 Å². The number of nitrogens with zero attached hydrogens (tertiary/aromatic N) is 1. The van der Waals surface area contributed by atoms with Gasteiger partial charge in [0.2, 0.25) is 0 Å². The highest BCUT2D eigenvalue weighted by molar-refractivity contribution is 6.04. The fraction of sp³-hybridized carbons (Fsp3) is 0.158. The predicted octanol–water partition coefficient (Wildman–Crippen LogP) is 4.97. The number of benzene rings is 2. The summed E-state index contributed by atoms with van der Waals surface area (Å²) in [4.78, 5) is 12.5. The standard InChI is InChI=1S/C19H14F4N2O3/c1-11-12(10-27-16-9-5-3-7-14(16)20)17(25-28-11)18(26)24-15-8-4-2-6-13(15)19(21,22)23/h2-9H,10H2,1H3,(H,24,26). The van der Waals surface area contributed by atoms with Crippen molar-refractivity contribution in [2.45, 2.75) is 19.7 Å². The van der Waals surface area contributed by atoms with E-state index in [-0.39, 0.29) is 29.4 Å². The van der Waals surface area contributed by atoms with Gasteiger partial charge in [-0.25, -0.2) is 4.39 Å². The maximum Gasteiger partial charge on any atom is 0.418 e. The Labute approximate surface area is 156 Å². The minimum absolute atomic E-state index is 0.0446. The smallest absolute Gasteiger partial charge is 0.418 e. The highest BCUT2D eigenvalue weighted by Crippen LogP contribution is 2.34. The number of rotatable bonds is 5. The Morgan fingerprint density at radius 3 is 2.54 bits per heavy atom. The van der Waals surface area contributed by atoms with E-state index in [2.05, 4.69) is 10.5 Å². The maximum atomic E-state index is 13.7. The molecule has 28 heavy (non-hydrogen) atoms. The van der Waals surface area contributed by atoms with Crippen LogP contribution >= 0.6 is 0 Å². The second-order valence-electron chi connectivity index (χ2n) is 5.78. The molecule has 3 aromatic rings. The van der Waals surface area contributed by atoms with E-state index in [1.165, 1.54) is 37.3 Å². The first-order chi connectivity index (χ1) is 13.3. The van der Waals surface area contributed by atoms with Crippen molar-refractivity contribution < 1.29 is 31.6 Å². The number of hydrogen-bond acceptors (Lipinski definition) is 4. The third-order valence-electron chi connectivity index (χ3n) is 3.89. The van der Waals surface area contributed by atoms with Gasteiger partial charge in [0, 0.05) is 0 Å². The largest absolute Gasteiger partial charge is 0.486 e. The summed E-state index contributed by atoms with van der Waals surface area (Å²) in [7, 11) is 0. The molecule has 0 saturated heterocycles. The van der Waals surface area contributed by atoms with Crippen LogP contribution < -0.4 is 10.1 Å². The van der Waals surface area contributed by atoms with Crippen LogP contribution in [-0.2, 0) is 12.8 Å². The zero-order valence-corrected chi connectivity index (χ0v) is 14.5. The van der Waals surface area contributed by atoms with Crippen molar-refractivity contribution in [2.24, 2.45) is 0 Å². The lowest BCUT2D eigenvalue weighted by Crippen LogP contribution is -2.18. The number of para-hydroxylation sites is 2. The van der Waals surface area contributed by atoms with Crippen molar-refractivity contribution in [2.75, 3.05) is 5.32 Å². The van der Waals surface area contributed by atoms with Crippen molar-refractivity contribution in [3.05, 3.63) is 76.9 Å². The van der Waals surface area contributed by atoms with E-state index in [1.54, 1.807) is 6.07 Å². The summed E-state index contributed by atoms with van der Waals surface area (Å²) in [5, 5.41) is 5.78. The summed E-state index contributed by atoms with van der Waals surface area (Å²) in [6.07, 6.45) is -4.64. The fourth-order valence-electron chi connectivity index (χ4n) is 2.47. The van der Waals surface area contributed by atoms with E-state index < -0.39 is 29.2 Å². The lowest BCUT2D eigenvalue weighted by Gasteiger charge is -2.13. The minimum atomic E-state index is -4.64. The van der Waals surface area contributed by atoms with E-state index >= 15 is 0 Å². The first kappa shape index (κ1) is 19.4. The highest BCUT2D eigenvalue weighted by Gasteiger charge is 2.34. The van der Waals surface area contributed by atoms with Crippen LogP contribution in [0.15, 0.2) is 53.1 Å². The average molecular weight is 394 g/mol. The fourth-order valence-corrected chi connectivity index (χ4v) is 2.47. The molecule has 3 rings (SSSR count). The molecule has 146 valence electrons. The molecule has 0 aliphatic carbocycles. The number of aryl methyl sites for hydroxylation is 1. The molecule has 0 aliphatic rings. The molecule has 0 atom stereocenters. The third kappa shape index (κ3) is 4.13. The highest BCUT2D eigenvalue weighted by atomic mass is 19.4. The maximum absolute atomic E-state index is 13.7. The van der Waals surface area contributed by atoms with E-state index in [9.17, 15) is 22.4 Å². The van der Waals surface area contributed by atoms with Crippen LogP contribution in [0.5, 0.6) is 5.75 Å². The minimum Gasteiger partial charge on any atom is -0.486 e. The molecule has 0 aliphatic heterocycles. The predicted molar refractivity (Wildman–Crippen MR) is 91.4 cm³/mol. The molecule has 0 unspecified atom stereocenters. The number of carbonyl (C=O) groups excluding carboxylic acids is 1. The number of halogens is 4. The molecular weight excluding hydrogens is 380 g/mol. The Morgan fingerprint density at radius 2 is 1.82 bits per heavy atom. The Morgan fingerprint density at radius 1 is 1.14 bits per heavy atom. The van der Waals surface area contributed by atoms with Gasteiger partial charge in [-0.15, -0.1) is 0 Å². The first-order valence-electron chi connectivity index (χ1n) is 8.07. The van der Waals surface area contributed by atoms with Gasteiger partial charge in [-0.1, -0.05) is 29.4 Å². The Bertz CT molecular complexity index is 999. The van der Waals surface area contributed by atoms with Gasteiger partial charge in [-0.05, 0) is 31.2 Å².